The molecule has 1 saturated heterocycles. The van der Waals surface area contributed by atoms with Crippen molar-refractivity contribution in [3.63, 3.8) is 0 Å². The number of urea groups is 1. The summed E-state index contributed by atoms with van der Waals surface area (Å²) >= 11 is 0. The minimum Gasteiger partial charge on any atom is -0.331 e. The number of carbonyl (C=O) groups excluding carboxylic acids is 1. The zero-order valence-electron chi connectivity index (χ0n) is 12.8. The zero-order valence-corrected chi connectivity index (χ0v) is 12.8. The topological polar surface area (TPSA) is 57.5 Å². The van der Waals surface area contributed by atoms with Crippen LogP contribution in [0.25, 0.3) is 0 Å². The highest BCUT2D eigenvalue weighted by Gasteiger charge is 2.27. The van der Waals surface area contributed by atoms with Gasteiger partial charge in [0.2, 0.25) is 0 Å². The van der Waals surface area contributed by atoms with E-state index in [1.807, 2.05) is 23.6 Å². The Morgan fingerprint density at radius 1 is 1.45 bits per heavy atom. The summed E-state index contributed by atoms with van der Waals surface area (Å²) in [7, 11) is 7.43. The maximum absolute atomic E-state index is 12.0. The molecule has 0 N–H and O–H groups in total. The van der Waals surface area contributed by atoms with Crippen molar-refractivity contribution in [3.05, 3.63) is 12.2 Å². The van der Waals surface area contributed by atoms with Crippen LogP contribution >= 0.6 is 0 Å². The van der Waals surface area contributed by atoms with E-state index in [4.69, 9.17) is 0 Å². The Balaban J connectivity index is 1.95. The molecule has 0 aromatic carbocycles. The lowest BCUT2D eigenvalue weighted by Gasteiger charge is -2.38. The van der Waals surface area contributed by atoms with Crippen molar-refractivity contribution in [2.45, 2.75) is 25.4 Å². The summed E-state index contributed by atoms with van der Waals surface area (Å²) in [5, 5.41) is 8.03. The molecule has 0 aliphatic carbocycles. The van der Waals surface area contributed by atoms with E-state index in [1.54, 1.807) is 25.3 Å². The molecule has 1 atom stereocenters. The van der Waals surface area contributed by atoms with E-state index < -0.39 is 0 Å². The van der Waals surface area contributed by atoms with E-state index in [2.05, 4.69) is 15.1 Å². The Hall–Kier alpha value is -1.63. The van der Waals surface area contributed by atoms with Crippen molar-refractivity contribution in [1.82, 2.24) is 29.5 Å². The molecule has 1 fully saturated rings. The van der Waals surface area contributed by atoms with Crippen LogP contribution in [0.2, 0.25) is 0 Å². The van der Waals surface area contributed by atoms with Crippen molar-refractivity contribution in [2.75, 3.05) is 34.2 Å². The number of hydrogen-bond donors (Lipinski definition) is 0. The van der Waals surface area contributed by atoms with E-state index in [0.717, 1.165) is 38.3 Å². The molecule has 1 aromatic heterocycles. The Labute approximate surface area is 120 Å². The fourth-order valence-corrected chi connectivity index (χ4v) is 2.61. The second-order valence-electron chi connectivity index (χ2n) is 5.68. The molecule has 0 bridgehead atoms. The smallest absolute Gasteiger partial charge is 0.319 e. The van der Waals surface area contributed by atoms with Crippen LogP contribution in [0.1, 0.15) is 18.7 Å². The van der Waals surface area contributed by atoms with Gasteiger partial charge >= 0.3 is 6.03 Å². The maximum Gasteiger partial charge on any atom is 0.319 e. The first-order valence-corrected chi connectivity index (χ1v) is 6.98. The molecule has 0 saturated carbocycles. The van der Waals surface area contributed by atoms with Crippen LogP contribution in [-0.2, 0) is 13.6 Å². The first kappa shape index (κ1) is 14.8. The van der Waals surface area contributed by atoms with Crippen LogP contribution in [-0.4, -0.2) is 75.8 Å². The van der Waals surface area contributed by atoms with Gasteiger partial charge in [-0.15, -0.1) is 10.2 Å². The number of aryl methyl sites for hydroxylation is 1. The summed E-state index contributed by atoms with van der Waals surface area (Å²) in [4.78, 5) is 17.8. The lowest BCUT2D eigenvalue weighted by Crippen LogP contribution is -2.50. The Morgan fingerprint density at radius 3 is 2.80 bits per heavy atom. The molecule has 7 nitrogen and oxygen atoms in total. The lowest BCUT2D eigenvalue weighted by atomic mass is 10.0. The largest absolute Gasteiger partial charge is 0.331 e. The number of amides is 2. The van der Waals surface area contributed by atoms with Gasteiger partial charge in [-0.25, -0.2) is 4.79 Å². The number of likely N-dealkylation sites (tertiary alicyclic amines) is 1. The van der Waals surface area contributed by atoms with Gasteiger partial charge in [0.05, 0.1) is 6.54 Å². The molecule has 0 radical (unpaired) electrons. The van der Waals surface area contributed by atoms with Crippen molar-refractivity contribution in [1.29, 1.82) is 0 Å². The van der Waals surface area contributed by atoms with E-state index in [1.165, 1.54) is 0 Å². The van der Waals surface area contributed by atoms with Gasteiger partial charge in [-0.3, -0.25) is 4.90 Å². The first-order chi connectivity index (χ1) is 9.49. The van der Waals surface area contributed by atoms with Crippen LogP contribution < -0.4 is 0 Å². The Morgan fingerprint density at radius 2 is 2.20 bits per heavy atom. The summed E-state index contributed by atoms with van der Waals surface area (Å²) in [6, 6.07) is 0.336. The monoisotopic (exact) mass is 280 g/mol. The number of likely N-dealkylation sites (N-methyl/N-ethyl adjacent to an activating group) is 1. The fourth-order valence-electron chi connectivity index (χ4n) is 2.61. The van der Waals surface area contributed by atoms with Crippen LogP contribution in [0.15, 0.2) is 6.33 Å². The van der Waals surface area contributed by atoms with Crippen molar-refractivity contribution in [3.8, 4) is 0 Å². The average Bonchev–Trinajstić information content (AvgIpc) is 2.83. The van der Waals surface area contributed by atoms with Gasteiger partial charge in [0.1, 0.15) is 12.2 Å². The van der Waals surface area contributed by atoms with Crippen LogP contribution in [0.4, 0.5) is 4.79 Å². The van der Waals surface area contributed by atoms with Gasteiger partial charge in [0.15, 0.2) is 0 Å². The molecule has 1 aliphatic rings. The minimum absolute atomic E-state index is 0.0653. The normalized spacial score (nSPS) is 19.9. The third-order valence-corrected chi connectivity index (χ3v) is 3.88. The van der Waals surface area contributed by atoms with Crippen molar-refractivity contribution < 1.29 is 4.79 Å². The molecule has 2 heterocycles. The SMILES string of the molecule is CN(C)C(=O)N(C)C1CCCN(Cc2nncn2C)C1. The van der Waals surface area contributed by atoms with Gasteiger partial charge in [-0.1, -0.05) is 0 Å². The second kappa shape index (κ2) is 6.21. The van der Waals surface area contributed by atoms with E-state index >= 15 is 0 Å². The van der Waals surface area contributed by atoms with E-state index in [0.29, 0.717) is 0 Å². The lowest BCUT2D eigenvalue weighted by molar-refractivity contribution is 0.107. The highest BCUT2D eigenvalue weighted by Crippen LogP contribution is 2.17. The molecule has 2 rings (SSSR count). The molecular formula is C13H24N6O. The fraction of sp³-hybridized carbons (Fsp3) is 0.769. The second-order valence-corrected chi connectivity index (χ2v) is 5.68. The molecule has 2 amide bonds. The third kappa shape index (κ3) is 3.27. The summed E-state index contributed by atoms with van der Waals surface area (Å²) in [6.07, 6.45) is 3.89. The molecule has 0 spiro atoms. The third-order valence-electron chi connectivity index (χ3n) is 3.88. The molecule has 20 heavy (non-hydrogen) atoms. The number of rotatable bonds is 3. The molecule has 112 valence electrons. The van der Waals surface area contributed by atoms with Crippen LogP contribution in [0.5, 0.6) is 0 Å². The Bertz CT molecular complexity index is 457. The molecule has 7 heteroatoms. The number of carbonyl (C=O) groups is 1. The zero-order chi connectivity index (χ0) is 14.7. The quantitative estimate of drug-likeness (QED) is 0.804. The first-order valence-electron chi connectivity index (χ1n) is 6.98. The number of aromatic nitrogens is 3. The summed E-state index contributed by atoms with van der Waals surface area (Å²) in [5.74, 6) is 0.965. The van der Waals surface area contributed by atoms with Gasteiger partial charge in [0.25, 0.3) is 0 Å². The number of piperidine rings is 1. The minimum atomic E-state index is 0.0653. The van der Waals surface area contributed by atoms with Gasteiger partial charge in [-0.2, -0.15) is 0 Å². The maximum atomic E-state index is 12.0. The van der Waals surface area contributed by atoms with Gasteiger partial charge < -0.3 is 14.4 Å². The summed E-state index contributed by atoms with van der Waals surface area (Å²) in [5.41, 5.74) is 0. The number of hydrogen-bond acceptors (Lipinski definition) is 4. The van der Waals surface area contributed by atoms with E-state index in [-0.39, 0.29) is 12.1 Å². The van der Waals surface area contributed by atoms with Crippen molar-refractivity contribution >= 4 is 6.03 Å². The molecule has 1 aliphatic heterocycles. The van der Waals surface area contributed by atoms with Gasteiger partial charge in [0, 0.05) is 40.8 Å². The summed E-state index contributed by atoms with van der Waals surface area (Å²) in [6.45, 7) is 2.73. The highest BCUT2D eigenvalue weighted by molar-refractivity contribution is 5.73. The summed E-state index contributed by atoms with van der Waals surface area (Å²) < 4.78 is 1.94. The number of nitrogens with zero attached hydrogens (tertiary/aromatic N) is 6. The van der Waals surface area contributed by atoms with Crippen molar-refractivity contribution in [2.24, 2.45) is 7.05 Å². The predicted molar refractivity (Wildman–Crippen MR) is 76.1 cm³/mol. The molecule has 1 unspecified atom stereocenters. The van der Waals surface area contributed by atoms with Crippen LogP contribution in [0.3, 0.4) is 0 Å². The van der Waals surface area contributed by atoms with E-state index in [9.17, 15) is 4.79 Å². The molecule has 1 aromatic rings. The van der Waals surface area contributed by atoms with Gasteiger partial charge in [-0.05, 0) is 19.4 Å². The average molecular weight is 280 g/mol. The standard InChI is InChI=1S/C13H24N6O/c1-16(2)13(20)18(4)11-6-5-7-19(8-11)9-12-15-14-10-17(12)3/h10-11H,5-9H2,1-4H3. The van der Waals surface area contributed by atoms with Crippen LogP contribution in [0, 0.1) is 0 Å². The molecular weight excluding hydrogens is 256 g/mol. The predicted octanol–water partition coefficient (Wildman–Crippen LogP) is 0.393. The Kier molecular flexibility index (Phi) is 4.59. The highest BCUT2D eigenvalue weighted by atomic mass is 16.2.